The minimum absolute atomic E-state index is 0.130. The quantitative estimate of drug-likeness (QED) is 0.102. The van der Waals surface area contributed by atoms with Crippen molar-refractivity contribution in [2.24, 2.45) is 17.2 Å². The minimum Gasteiger partial charge on any atom is -0.480 e. The average molecular weight is 435 g/mol. The Morgan fingerprint density at radius 2 is 1.55 bits per heavy atom. The van der Waals surface area contributed by atoms with Gasteiger partial charge in [-0.05, 0) is 32.7 Å². The number of amides is 4. The lowest BCUT2D eigenvalue weighted by Crippen LogP contribution is -2.56. The Morgan fingerprint density at radius 1 is 0.966 bits per heavy atom. The van der Waals surface area contributed by atoms with Crippen molar-refractivity contribution >= 4 is 42.2 Å². The minimum atomic E-state index is -1.26. The molecule has 0 aliphatic carbocycles. The summed E-state index contributed by atoms with van der Waals surface area (Å²) in [5, 5.41) is 16.1. The molecule has 0 aromatic carbocycles. The number of aliphatic carboxylic acids is 1. The van der Waals surface area contributed by atoms with Crippen LogP contribution < -0.4 is 33.2 Å². The highest BCUT2D eigenvalue weighted by atomic mass is 32.1. The van der Waals surface area contributed by atoms with Gasteiger partial charge in [0.05, 0.1) is 12.5 Å². The first kappa shape index (κ1) is 26.6. The summed E-state index contributed by atoms with van der Waals surface area (Å²) < 4.78 is 0. The molecule has 0 aliphatic rings. The van der Waals surface area contributed by atoms with E-state index >= 15 is 0 Å². The van der Waals surface area contributed by atoms with Gasteiger partial charge in [0.1, 0.15) is 18.1 Å². The second kappa shape index (κ2) is 13.7. The zero-order valence-corrected chi connectivity index (χ0v) is 17.1. The highest BCUT2D eigenvalue weighted by Crippen LogP contribution is 2.03. The van der Waals surface area contributed by atoms with Gasteiger partial charge in [-0.1, -0.05) is 0 Å². The maximum absolute atomic E-state index is 12.4. The Hall–Kier alpha value is -2.38. The predicted molar refractivity (Wildman–Crippen MR) is 108 cm³/mol. The lowest BCUT2D eigenvalue weighted by molar-refractivity contribution is -0.141. The molecule has 0 bridgehead atoms. The van der Waals surface area contributed by atoms with Crippen molar-refractivity contribution < 1.29 is 29.1 Å². The molecule has 29 heavy (non-hydrogen) atoms. The number of hydrogen-bond acceptors (Lipinski definition) is 8. The zero-order valence-electron chi connectivity index (χ0n) is 16.2. The molecule has 0 radical (unpaired) electrons. The number of thiol groups is 1. The molecule has 10 N–H and O–H groups in total. The standard InChI is InChI=1S/C16H30N6O6S/c1-8(20-14(25)9(18)6-12(19)23)13(24)21-10(4-2-3-5-17)15(26)22-11(7-29)16(27)28/h8-11,29H,2-7,17-18H2,1H3,(H2,19,23)(H,20,25)(H,21,24)(H,22,26)(H,27,28). The lowest BCUT2D eigenvalue weighted by atomic mass is 10.1. The molecule has 0 aromatic rings. The monoisotopic (exact) mass is 434 g/mol. The average Bonchev–Trinajstić information content (AvgIpc) is 2.63. The molecule has 4 unspecified atom stereocenters. The van der Waals surface area contributed by atoms with Crippen LogP contribution in [-0.4, -0.2) is 71.2 Å². The molecular weight excluding hydrogens is 404 g/mol. The van der Waals surface area contributed by atoms with Crippen molar-refractivity contribution in [3.63, 3.8) is 0 Å². The first-order valence-corrected chi connectivity index (χ1v) is 9.65. The predicted octanol–water partition coefficient (Wildman–Crippen LogP) is -3.19. The first-order chi connectivity index (χ1) is 13.5. The van der Waals surface area contributed by atoms with Crippen LogP contribution in [-0.2, 0) is 24.0 Å². The smallest absolute Gasteiger partial charge is 0.327 e. The second-order valence-corrected chi connectivity index (χ2v) is 6.80. The lowest BCUT2D eigenvalue weighted by Gasteiger charge is -2.23. The van der Waals surface area contributed by atoms with Crippen molar-refractivity contribution in [3.8, 4) is 0 Å². The van der Waals surface area contributed by atoms with E-state index in [1.165, 1.54) is 6.92 Å². The molecule has 0 fully saturated rings. The molecule has 0 saturated heterocycles. The Balaban J connectivity index is 5.00. The normalized spacial score (nSPS) is 14.8. The summed E-state index contributed by atoms with van der Waals surface area (Å²) in [6.07, 6.45) is 0.945. The van der Waals surface area contributed by atoms with E-state index in [0.29, 0.717) is 19.4 Å². The van der Waals surface area contributed by atoms with E-state index in [2.05, 4.69) is 28.6 Å². The molecule has 0 spiro atoms. The third-order valence-corrected chi connectivity index (χ3v) is 4.25. The van der Waals surface area contributed by atoms with Gasteiger partial charge in [-0.25, -0.2) is 4.79 Å². The topological polar surface area (TPSA) is 220 Å². The maximum atomic E-state index is 12.4. The largest absolute Gasteiger partial charge is 0.480 e. The Kier molecular flexibility index (Phi) is 12.6. The molecule has 0 heterocycles. The van der Waals surface area contributed by atoms with E-state index in [1.807, 2.05) is 0 Å². The van der Waals surface area contributed by atoms with Crippen LogP contribution in [0, 0.1) is 0 Å². The van der Waals surface area contributed by atoms with Crippen LogP contribution in [0.2, 0.25) is 0 Å². The summed E-state index contributed by atoms with van der Waals surface area (Å²) >= 11 is 3.87. The van der Waals surface area contributed by atoms with Gasteiger partial charge in [-0.3, -0.25) is 19.2 Å². The number of hydrogen-bond donors (Lipinski definition) is 8. The summed E-state index contributed by atoms with van der Waals surface area (Å²) in [6, 6.07) is -4.53. The van der Waals surface area contributed by atoms with Crippen molar-refractivity contribution in [1.29, 1.82) is 0 Å². The number of primary amides is 1. The van der Waals surface area contributed by atoms with Crippen molar-refractivity contribution in [2.45, 2.75) is 56.8 Å². The maximum Gasteiger partial charge on any atom is 0.327 e. The number of nitrogens with two attached hydrogens (primary N) is 3. The van der Waals surface area contributed by atoms with Crippen LogP contribution in [0.5, 0.6) is 0 Å². The van der Waals surface area contributed by atoms with E-state index in [-0.39, 0.29) is 18.6 Å². The Labute approximate surface area is 174 Å². The number of carboxylic acids is 1. The van der Waals surface area contributed by atoms with Gasteiger partial charge in [-0.15, -0.1) is 0 Å². The van der Waals surface area contributed by atoms with E-state index in [9.17, 15) is 24.0 Å². The molecule has 4 atom stereocenters. The molecule has 13 heteroatoms. The van der Waals surface area contributed by atoms with Crippen LogP contribution in [0.25, 0.3) is 0 Å². The van der Waals surface area contributed by atoms with Crippen LogP contribution in [0.3, 0.4) is 0 Å². The molecule has 12 nitrogen and oxygen atoms in total. The number of carbonyl (C=O) groups excluding carboxylic acids is 4. The molecule has 0 rings (SSSR count). The van der Waals surface area contributed by atoms with Gasteiger partial charge in [0, 0.05) is 5.75 Å². The van der Waals surface area contributed by atoms with E-state index in [4.69, 9.17) is 22.3 Å². The number of unbranched alkanes of at least 4 members (excludes halogenated alkanes) is 1. The number of carboxylic acid groups (broad SMARTS) is 1. The van der Waals surface area contributed by atoms with Gasteiger partial charge in [0.25, 0.3) is 0 Å². The number of rotatable bonds is 14. The highest BCUT2D eigenvalue weighted by molar-refractivity contribution is 7.80. The van der Waals surface area contributed by atoms with Gasteiger partial charge in [0.2, 0.25) is 23.6 Å². The third-order valence-electron chi connectivity index (χ3n) is 3.89. The summed E-state index contributed by atoms with van der Waals surface area (Å²) in [5.41, 5.74) is 15.9. The first-order valence-electron chi connectivity index (χ1n) is 9.02. The molecule has 0 aliphatic heterocycles. The van der Waals surface area contributed by atoms with Gasteiger partial charge in [0.15, 0.2) is 0 Å². The van der Waals surface area contributed by atoms with Crippen molar-refractivity contribution in [3.05, 3.63) is 0 Å². The summed E-state index contributed by atoms with van der Waals surface area (Å²) in [6.45, 7) is 1.76. The fourth-order valence-electron chi connectivity index (χ4n) is 2.21. The molecule has 166 valence electrons. The van der Waals surface area contributed by atoms with Gasteiger partial charge in [-0.2, -0.15) is 12.6 Å². The summed E-state index contributed by atoms with van der Waals surface area (Å²) in [7, 11) is 0. The van der Waals surface area contributed by atoms with Crippen molar-refractivity contribution in [1.82, 2.24) is 16.0 Å². The number of nitrogens with one attached hydrogen (secondary N) is 3. The molecular formula is C16H30N6O6S. The summed E-state index contributed by atoms with van der Waals surface area (Å²) in [4.78, 5) is 58.6. The second-order valence-electron chi connectivity index (χ2n) is 6.43. The Bertz CT molecular complexity index is 604. The fourth-order valence-corrected chi connectivity index (χ4v) is 2.46. The van der Waals surface area contributed by atoms with Crippen LogP contribution in [0.15, 0.2) is 0 Å². The molecule has 0 saturated carbocycles. The zero-order chi connectivity index (χ0) is 22.6. The highest BCUT2D eigenvalue weighted by Gasteiger charge is 2.28. The van der Waals surface area contributed by atoms with E-state index in [1.54, 1.807) is 0 Å². The SMILES string of the molecule is CC(NC(=O)C(N)CC(N)=O)C(=O)NC(CCCCN)C(=O)NC(CS)C(=O)O. The third kappa shape index (κ3) is 10.7. The van der Waals surface area contributed by atoms with E-state index < -0.39 is 53.8 Å². The fraction of sp³-hybridized carbons (Fsp3) is 0.688. The van der Waals surface area contributed by atoms with Gasteiger partial charge >= 0.3 is 5.97 Å². The molecule has 0 aromatic heterocycles. The Morgan fingerprint density at radius 3 is 2.03 bits per heavy atom. The van der Waals surface area contributed by atoms with Crippen LogP contribution in [0.1, 0.15) is 32.6 Å². The molecule has 4 amide bonds. The number of carbonyl (C=O) groups is 5. The summed E-state index contributed by atoms with van der Waals surface area (Å²) in [5.74, 6) is -4.29. The van der Waals surface area contributed by atoms with Gasteiger partial charge < -0.3 is 38.3 Å². The van der Waals surface area contributed by atoms with E-state index in [0.717, 1.165) is 0 Å². The van der Waals surface area contributed by atoms with Crippen LogP contribution in [0.4, 0.5) is 0 Å². The van der Waals surface area contributed by atoms with Crippen LogP contribution >= 0.6 is 12.6 Å². The van der Waals surface area contributed by atoms with Crippen molar-refractivity contribution in [2.75, 3.05) is 12.3 Å².